The van der Waals surface area contributed by atoms with Gasteiger partial charge in [-0.3, -0.25) is 0 Å². The first kappa shape index (κ1) is 17.6. The normalized spacial score (nSPS) is 11.2. The summed E-state index contributed by atoms with van der Waals surface area (Å²) in [7, 11) is 3.86. The quantitative estimate of drug-likeness (QED) is 0.529. The lowest BCUT2D eigenvalue weighted by molar-refractivity contribution is 1.50. The van der Waals surface area contributed by atoms with Crippen LogP contribution >= 0.6 is 0 Å². The summed E-state index contributed by atoms with van der Waals surface area (Å²) < 4.78 is 0. The highest BCUT2D eigenvalue weighted by molar-refractivity contribution is 5.79. The van der Waals surface area contributed by atoms with E-state index in [0.29, 0.717) is 0 Å². The summed E-state index contributed by atoms with van der Waals surface area (Å²) in [5, 5.41) is 6.28. The van der Waals surface area contributed by atoms with Crippen LogP contribution in [0, 0.1) is 0 Å². The van der Waals surface area contributed by atoms with Gasteiger partial charge in [0.25, 0.3) is 0 Å². The average Bonchev–Trinajstić information content (AvgIpc) is 2.72. The third-order valence-electron chi connectivity index (χ3n) is 4.31. The van der Waals surface area contributed by atoms with Gasteiger partial charge in [-0.05, 0) is 46.5 Å². The van der Waals surface area contributed by atoms with Gasteiger partial charge in [0.1, 0.15) is 0 Å². The standard InChI is InChI=1S/C24H24N2/c1-25-23-15-9-19(10-16-23)7-13-21-5-3-4-6-22(21)14-8-20-11-17-24(26-2)18-12-20/h3-18,25-26H,1-2H3. The largest absolute Gasteiger partial charge is 0.388 e. The Kier molecular flexibility index (Phi) is 5.89. The van der Waals surface area contributed by atoms with Crippen LogP contribution in [0.25, 0.3) is 24.3 Å². The molecule has 0 aromatic heterocycles. The van der Waals surface area contributed by atoms with Crippen LogP contribution in [0.5, 0.6) is 0 Å². The Bertz CT molecular complexity index is 812. The Balaban J connectivity index is 1.78. The molecule has 0 atom stereocenters. The Morgan fingerprint density at radius 3 is 1.23 bits per heavy atom. The molecule has 0 bridgehead atoms. The van der Waals surface area contributed by atoms with Crippen LogP contribution in [-0.2, 0) is 0 Å². The van der Waals surface area contributed by atoms with Crippen molar-refractivity contribution in [1.29, 1.82) is 0 Å². The van der Waals surface area contributed by atoms with Gasteiger partial charge >= 0.3 is 0 Å². The summed E-state index contributed by atoms with van der Waals surface area (Å²) in [6, 6.07) is 25.2. The summed E-state index contributed by atoms with van der Waals surface area (Å²) in [6.45, 7) is 0. The van der Waals surface area contributed by atoms with Crippen molar-refractivity contribution in [3.63, 3.8) is 0 Å². The fourth-order valence-electron chi connectivity index (χ4n) is 2.71. The highest BCUT2D eigenvalue weighted by Crippen LogP contribution is 2.18. The summed E-state index contributed by atoms with van der Waals surface area (Å²) in [4.78, 5) is 0. The van der Waals surface area contributed by atoms with E-state index in [0.717, 1.165) is 11.4 Å². The number of nitrogens with one attached hydrogen (secondary N) is 2. The smallest absolute Gasteiger partial charge is 0.0337 e. The molecule has 0 unspecified atom stereocenters. The molecule has 0 heterocycles. The van der Waals surface area contributed by atoms with Crippen molar-refractivity contribution >= 4 is 35.7 Å². The molecule has 0 amide bonds. The molecule has 0 fully saturated rings. The van der Waals surface area contributed by atoms with Crippen molar-refractivity contribution < 1.29 is 0 Å². The van der Waals surface area contributed by atoms with E-state index in [9.17, 15) is 0 Å². The van der Waals surface area contributed by atoms with Crippen molar-refractivity contribution in [2.24, 2.45) is 0 Å². The minimum absolute atomic E-state index is 1.12. The van der Waals surface area contributed by atoms with Gasteiger partial charge in [0, 0.05) is 25.5 Å². The summed E-state index contributed by atoms with van der Waals surface area (Å²) in [5.41, 5.74) is 7.02. The van der Waals surface area contributed by atoms with E-state index in [2.05, 4.69) is 108 Å². The molecule has 0 aliphatic rings. The molecule has 0 spiro atoms. The molecule has 2 heteroatoms. The molecule has 0 saturated carbocycles. The average molecular weight is 340 g/mol. The number of rotatable bonds is 6. The molecule has 26 heavy (non-hydrogen) atoms. The van der Waals surface area contributed by atoms with Gasteiger partial charge in [-0.15, -0.1) is 0 Å². The van der Waals surface area contributed by atoms with Crippen LogP contribution in [0.2, 0.25) is 0 Å². The van der Waals surface area contributed by atoms with Crippen LogP contribution in [0.3, 0.4) is 0 Å². The molecule has 3 aromatic rings. The molecule has 3 rings (SSSR count). The summed E-state index contributed by atoms with van der Waals surface area (Å²) in [5.74, 6) is 0. The first-order chi connectivity index (χ1) is 12.8. The van der Waals surface area contributed by atoms with E-state index in [4.69, 9.17) is 0 Å². The Labute approximate surface area is 155 Å². The summed E-state index contributed by atoms with van der Waals surface area (Å²) >= 11 is 0. The first-order valence-corrected chi connectivity index (χ1v) is 8.79. The third-order valence-corrected chi connectivity index (χ3v) is 4.31. The minimum atomic E-state index is 1.12. The zero-order chi connectivity index (χ0) is 18.2. The van der Waals surface area contributed by atoms with Crippen LogP contribution in [-0.4, -0.2) is 14.1 Å². The molecular weight excluding hydrogens is 316 g/mol. The van der Waals surface area contributed by atoms with E-state index < -0.39 is 0 Å². The van der Waals surface area contributed by atoms with Gasteiger partial charge < -0.3 is 10.6 Å². The van der Waals surface area contributed by atoms with Crippen LogP contribution < -0.4 is 10.6 Å². The predicted molar refractivity (Wildman–Crippen MR) is 116 cm³/mol. The molecular formula is C24H24N2. The third kappa shape index (κ3) is 4.64. The SMILES string of the molecule is CNc1ccc(C=Cc2ccccc2C=Cc2ccc(NC)cc2)cc1. The van der Waals surface area contributed by atoms with Gasteiger partial charge in [-0.1, -0.05) is 72.8 Å². The second kappa shape index (κ2) is 8.72. The maximum atomic E-state index is 3.14. The van der Waals surface area contributed by atoms with Crippen LogP contribution in [0.1, 0.15) is 22.3 Å². The molecule has 0 aliphatic heterocycles. The maximum absolute atomic E-state index is 3.14. The monoisotopic (exact) mass is 340 g/mol. The molecule has 0 saturated heterocycles. The van der Waals surface area contributed by atoms with Crippen molar-refractivity contribution in [2.45, 2.75) is 0 Å². The maximum Gasteiger partial charge on any atom is 0.0337 e. The molecule has 0 radical (unpaired) electrons. The van der Waals surface area contributed by atoms with E-state index in [-0.39, 0.29) is 0 Å². The van der Waals surface area contributed by atoms with E-state index >= 15 is 0 Å². The van der Waals surface area contributed by atoms with Crippen molar-refractivity contribution in [2.75, 3.05) is 24.7 Å². The first-order valence-electron chi connectivity index (χ1n) is 8.79. The number of hydrogen-bond acceptors (Lipinski definition) is 2. The fourth-order valence-corrected chi connectivity index (χ4v) is 2.71. The Hall–Kier alpha value is -3.26. The highest BCUT2D eigenvalue weighted by atomic mass is 14.8. The van der Waals surface area contributed by atoms with Crippen molar-refractivity contribution in [3.05, 3.63) is 95.1 Å². The van der Waals surface area contributed by atoms with Gasteiger partial charge in [0.05, 0.1) is 0 Å². The van der Waals surface area contributed by atoms with Gasteiger partial charge in [0.2, 0.25) is 0 Å². The molecule has 2 N–H and O–H groups in total. The van der Waals surface area contributed by atoms with Gasteiger partial charge in [-0.25, -0.2) is 0 Å². The minimum Gasteiger partial charge on any atom is -0.388 e. The van der Waals surface area contributed by atoms with Crippen LogP contribution in [0.4, 0.5) is 11.4 Å². The van der Waals surface area contributed by atoms with Crippen molar-refractivity contribution in [3.8, 4) is 0 Å². The molecule has 3 aromatic carbocycles. The number of benzene rings is 3. The van der Waals surface area contributed by atoms with Gasteiger partial charge in [0.15, 0.2) is 0 Å². The number of anilines is 2. The molecule has 130 valence electrons. The Morgan fingerprint density at radius 2 is 0.885 bits per heavy atom. The lowest BCUT2D eigenvalue weighted by atomic mass is 10.0. The highest BCUT2D eigenvalue weighted by Gasteiger charge is 1.96. The topological polar surface area (TPSA) is 24.1 Å². The second-order valence-corrected chi connectivity index (χ2v) is 6.04. The summed E-state index contributed by atoms with van der Waals surface area (Å²) in [6.07, 6.45) is 8.62. The van der Waals surface area contributed by atoms with E-state index in [1.165, 1.54) is 22.3 Å². The van der Waals surface area contributed by atoms with Crippen molar-refractivity contribution in [1.82, 2.24) is 0 Å². The number of hydrogen-bond donors (Lipinski definition) is 2. The molecule has 2 nitrogen and oxygen atoms in total. The van der Waals surface area contributed by atoms with E-state index in [1.807, 2.05) is 14.1 Å². The van der Waals surface area contributed by atoms with Gasteiger partial charge in [-0.2, -0.15) is 0 Å². The fraction of sp³-hybridized carbons (Fsp3) is 0.0833. The lowest BCUT2D eigenvalue weighted by Gasteiger charge is -2.03. The zero-order valence-corrected chi connectivity index (χ0v) is 15.2. The Morgan fingerprint density at radius 1 is 0.500 bits per heavy atom. The van der Waals surface area contributed by atoms with E-state index in [1.54, 1.807) is 0 Å². The predicted octanol–water partition coefficient (Wildman–Crippen LogP) is 6.11. The zero-order valence-electron chi connectivity index (χ0n) is 15.2. The lowest BCUT2D eigenvalue weighted by Crippen LogP contribution is -1.86. The molecule has 0 aliphatic carbocycles. The van der Waals surface area contributed by atoms with Crippen LogP contribution in [0.15, 0.2) is 72.8 Å². The second-order valence-electron chi connectivity index (χ2n) is 6.04.